The Labute approximate surface area is 126 Å². The van der Waals surface area contributed by atoms with Crippen LogP contribution < -0.4 is 5.32 Å². The summed E-state index contributed by atoms with van der Waals surface area (Å²) in [5.74, 6) is -0.0192. The number of nitrogens with one attached hydrogen (secondary N) is 1. The quantitative estimate of drug-likeness (QED) is 0.884. The smallest absolute Gasteiger partial charge is 0.251 e. The SMILES string of the molecule is CCc1ccsc1CNC(=O)c1cc(Br)ccc1C. The highest BCUT2D eigenvalue weighted by Gasteiger charge is 2.10. The number of benzene rings is 1. The molecule has 0 aliphatic rings. The van der Waals surface area contributed by atoms with E-state index in [0.717, 1.165) is 22.0 Å². The van der Waals surface area contributed by atoms with Crippen LogP contribution in [0.15, 0.2) is 34.1 Å². The molecule has 1 heterocycles. The van der Waals surface area contributed by atoms with Gasteiger partial charge in [-0.25, -0.2) is 0 Å². The Morgan fingerprint density at radius 1 is 1.37 bits per heavy atom. The summed E-state index contributed by atoms with van der Waals surface area (Å²) in [5, 5.41) is 5.07. The van der Waals surface area contributed by atoms with Crippen molar-refractivity contribution in [2.24, 2.45) is 0 Å². The van der Waals surface area contributed by atoms with Gasteiger partial charge < -0.3 is 5.32 Å². The van der Waals surface area contributed by atoms with Crippen LogP contribution in [-0.2, 0) is 13.0 Å². The molecule has 0 aliphatic heterocycles. The molecule has 0 saturated carbocycles. The predicted molar refractivity (Wildman–Crippen MR) is 83.7 cm³/mol. The van der Waals surface area contributed by atoms with E-state index in [9.17, 15) is 4.79 Å². The van der Waals surface area contributed by atoms with Crippen LogP contribution in [0.5, 0.6) is 0 Å². The molecule has 1 amide bonds. The number of aryl methyl sites for hydroxylation is 2. The average Bonchev–Trinajstić information content (AvgIpc) is 2.86. The molecular formula is C15H16BrNOS. The van der Waals surface area contributed by atoms with Gasteiger partial charge in [-0.05, 0) is 48.1 Å². The summed E-state index contributed by atoms with van der Waals surface area (Å²) in [6, 6.07) is 7.87. The number of thiophene rings is 1. The lowest BCUT2D eigenvalue weighted by Gasteiger charge is -2.08. The largest absolute Gasteiger partial charge is 0.347 e. The van der Waals surface area contributed by atoms with Crippen LogP contribution in [0.1, 0.15) is 33.3 Å². The molecule has 0 unspecified atom stereocenters. The molecule has 1 aromatic heterocycles. The summed E-state index contributed by atoms with van der Waals surface area (Å²) >= 11 is 5.09. The minimum atomic E-state index is -0.0192. The monoisotopic (exact) mass is 337 g/mol. The Bertz CT molecular complexity index is 592. The summed E-state index contributed by atoms with van der Waals surface area (Å²) < 4.78 is 0.925. The van der Waals surface area contributed by atoms with Gasteiger partial charge in [0.25, 0.3) is 5.91 Å². The fourth-order valence-electron chi connectivity index (χ4n) is 1.93. The molecule has 100 valence electrons. The maximum Gasteiger partial charge on any atom is 0.251 e. The van der Waals surface area contributed by atoms with Crippen LogP contribution in [0.3, 0.4) is 0 Å². The fraction of sp³-hybridized carbons (Fsp3) is 0.267. The molecule has 0 atom stereocenters. The van der Waals surface area contributed by atoms with E-state index in [2.05, 4.69) is 39.6 Å². The minimum absolute atomic E-state index is 0.0192. The second-order valence-corrected chi connectivity index (χ2v) is 6.28. The van der Waals surface area contributed by atoms with E-state index in [-0.39, 0.29) is 5.91 Å². The van der Waals surface area contributed by atoms with Gasteiger partial charge >= 0.3 is 0 Å². The average molecular weight is 338 g/mol. The van der Waals surface area contributed by atoms with Crippen LogP contribution in [0.4, 0.5) is 0 Å². The van der Waals surface area contributed by atoms with Crippen LogP contribution in [0.25, 0.3) is 0 Å². The number of amides is 1. The summed E-state index contributed by atoms with van der Waals surface area (Å²) in [6.07, 6.45) is 1.00. The van der Waals surface area contributed by atoms with Crippen LogP contribution >= 0.6 is 27.3 Å². The zero-order valence-electron chi connectivity index (χ0n) is 11.0. The molecule has 1 N–H and O–H groups in total. The first kappa shape index (κ1) is 14.3. The Morgan fingerprint density at radius 2 is 2.16 bits per heavy atom. The Morgan fingerprint density at radius 3 is 2.89 bits per heavy atom. The number of carbonyl (C=O) groups excluding carboxylic acids is 1. The molecule has 2 rings (SSSR count). The highest BCUT2D eigenvalue weighted by atomic mass is 79.9. The molecule has 0 fully saturated rings. The lowest BCUT2D eigenvalue weighted by atomic mass is 10.1. The molecular weight excluding hydrogens is 322 g/mol. The van der Waals surface area contributed by atoms with E-state index in [4.69, 9.17) is 0 Å². The first-order valence-corrected chi connectivity index (χ1v) is 7.88. The van der Waals surface area contributed by atoms with Crippen molar-refractivity contribution in [2.45, 2.75) is 26.8 Å². The number of hydrogen-bond donors (Lipinski definition) is 1. The van der Waals surface area contributed by atoms with Crippen molar-refractivity contribution in [3.05, 3.63) is 55.7 Å². The second kappa shape index (κ2) is 6.35. The van der Waals surface area contributed by atoms with E-state index < -0.39 is 0 Å². The van der Waals surface area contributed by atoms with Gasteiger partial charge in [-0.1, -0.05) is 28.9 Å². The van der Waals surface area contributed by atoms with Crippen molar-refractivity contribution < 1.29 is 4.79 Å². The second-order valence-electron chi connectivity index (χ2n) is 4.36. The first-order chi connectivity index (χ1) is 9.11. The molecule has 0 saturated heterocycles. The van der Waals surface area contributed by atoms with E-state index in [1.807, 2.05) is 25.1 Å². The van der Waals surface area contributed by atoms with Crippen LogP contribution in [0.2, 0.25) is 0 Å². The predicted octanol–water partition coefficient (Wildman–Crippen LogP) is 4.31. The number of rotatable bonds is 4. The molecule has 1 aromatic carbocycles. The zero-order chi connectivity index (χ0) is 13.8. The van der Waals surface area contributed by atoms with Gasteiger partial charge in [0.05, 0.1) is 6.54 Å². The molecule has 0 aliphatic carbocycles. The third-order valence-corrected chi connectivity index (χ3v) is 4.53. The summed E-state index contributed by atoms with van der Waals surface area (Å²) in [6.45, 7) is 4.68. The normalized spacial score (nSPS) is 10.5. The lowest BCUT2D eigenvalue weighted by Crippen LogP contribution is -2.23. The topological polar surface area (TPSA) is 29.1 Å². The molecule has 0 radical (unpaired) electrons. The van der Waals surface area contributed by atoms with Crippen molar-refractivity contribution in [2.75, 3.05) is 0 Å². The first-order valence-electron chi connectivity index (χ1n) is 6.21. The number of carbonyl (C=O) groups is 1. The lowest BCUT2D eigenvalue weighted by molar-refractivity contribution is 0.0950. The van der Waals surface area contributed by atoms with Crippen LogP contribution in [-0.4, -0.2) is 5.91 Å². The Balaban J connectivity index is 2.07. The number of halogens is 1. The van der Waals surface area contributed by atoms with Crippen molar-refractivity contribution in [3.8, 4) is 0 Å². The summed E-state index contributed by atoms with van der Waals surface area (Å²) in [5.41, 5.74) is 3.03. The third kappa shape index (κ3) is 3.45. The van der Waals surface area contributed by atoms with Gasteiger partial charge in [0, 0.05) is 14.9 Å². The maximum absolute atomic E-state index is 12.2. The Hall–Kier alpha value is -1.13. The highest BCUT2D eigenvalue weighted by molar-refractivity contribution is 9.10. The van der Waals surface area contributed by atoms with Gasteiger partial charge in [-0.15, -0.1) is 11.3 Å². The van der Waals surface area contributed by atoms with Crippen LogP contribution in [0, 0.1) is 6.92 Å². The van der Waals surface area contributed by atoms with Crippen molar-refractivity contribution >= 4 is 33.2 Å². The number of hydrogen-bond acceptors (Lipinski definition) is 2. The molecule has 19 heavy (non-hydrogen) atoms. The van der Waals surface area contributed by atoms with E-state index in [0.29, 0.717) is 6.54 Å². The zero-order valence-corrected chi connectivity index (χ0v) is 13.4. The molecule has 4 heteroatoms. The van der Waals surface area contributed by atoms with Crippen molar-refractivity contribution in [1.82, 2.24) is 5.32 Å². The van der Waals surface area contributed by atoms with Gasteiger partial charge in [0.15, 0.2) is 0 Å². The highest BCUT2D eigenvalue weighted by Crippen LogP contribution is 2.18. The van der Waals surface area contributed by atoms with Gasteiger partial charge in [-0.2, -0.15) is 0 Å². The van der Waals surface area contributed by atoms with Gasteiger partial charge in [-0.3, -0.25) is 4.79 Å². The van der Waals surface area contributed by atoms with E-state index in [1.54, 1.807) is 11.3 Å². The maximum atomic E-state index is 12.2. The third-order valence-electron chi connectivity index (χ3n) is 3.07. The molecule has 0 bridgehead atoms. The Kier molecular flexibility index (Phi) is 4.77. The fourth-order valence-corrected chi connectivity index (χ4v) is 3.21. The van der Waals surface area contributed by atoms with Crippen molar-refractivity contribution in [1.29, 1.82) is 0 Å². The van der Waals surface area contributed by atoms with E-state index in [1.165, 1.54) is 10.4 Å². The minimum Gasteiger partial charge on any atom is -0.347 e. The standard InChI is InChI=1S/C15H16BrNOS/c1-3-11-6-7-19-14(11)9-17-15(18)13-8-12(16)5-4-10(13)2/h4-8H,3,9H2,1-2H3,(H,17,18). The van der Waals surface area contributed by atoms with Crippen molar-refractivity contribution in [3.63, 3.8) is 0 Å². The van der Waals surface area contributed by atoms with Gasteiger partial charge in [0.2, 0.25) is 0 Å². The summed E-state index contributed by atoms with van der Waals surface area (Å²) in [4.78, 5) is 13.4. The molecule has 2 nitrogen and oxygen atoms in total. The van der Waals surface area contributed by atoms with Gasteiger partial charge in [0.1, 0.15) is 0 Å². The molecule has 2 aromatic rings. The summed E-state index contributed by atoms with van der Waals surface area (Å²) in [7, 11) is 0. The molecule has 0 spiro atoms. The van der Waals surface area contributed by atoms with E-state index >= 15 is 0 Å².